The van der Waals surface area contributed by atoms with Gasteiger partial charge < -0.3 is 5.32 Å². The van der Waals surface area contributed by atoms with Gasteiger partial charge in [-0.2, -0.15) is 26.3 Å². The fraction of sp³-hybridized carbons (Fsp3) is 0.360. The van der Waals surface area contributed by atoms with E-state index >= 15 is 0 Å². The monoisotopic (exact) mass is 466 g/mol. The Balaban J connectivity index is 1.53. The molecule has 1 atom stereocenters. The molecule has 176 valence electrons. The number of hydrogen-bond donors (Lipinski definition) is 1. The van der Waals surface area contributed by atoms with Crippen molar-refractivity contribution in [3.63, 3.8) is 0 Å². The maximum Gasteiger partial charge on any atom is 0.416 e. The molecule has 1 aliphatic heterocycles. The molecule has 3 aromatic carbocycles. The molecular weight excluding hydrogens is 442 g/mol. The van der Waals surface area contributed by atoms with Crippen LogP contribution in [0.2, 0.25) is 0 Å². The minimum absolute atomic E-state index is 0.0413. The second-order valence-corrected chi connectivity index (χ2v) is 8.40. The van der Waals surface area contributed by atoms with Crippen molar-refractivity contribution in [3.8, 4) is 0 Å². The minimum Gasteiger partial charge on any atom is -0.314 e. The predicted molar refractivity (Wildman–Crippen MR) is 116 cm³/mol. The molecule has 3 aromatic rings. The third-order valence-electron chi connectivity index (χ3n) is 6.14. The molecule has 0 bridgehead atoms. The lowest BCUT2D eigenvalue weighted by molar-refractivity contribution is -0.143. The van der Waals surface area contributed by atoms with Gasteiger partial charge in [-0.3, -0.25) is 4.90 Å². The molecule has 0 aliphatic carbocycles. The van der Waals surface area contributed by atoms with Crippen molar-refractivity contribution in [3.05, 3.63) is 82.9 Å². The standard InChI is InChI=1S/C25H24F6N2/c26-24(27,28)20-12-17(13-21(15-20)25(29,30)31)8-10-33-11-9-32-16-22(33)14-19-6-3-5-18-4-1-2-7-23(18)19/h1-7,12-13,15,22,32H,8-11,14,16H2/t22-/m1/s1. The van der Waals surface area contributed by atoms with Crippen LogP contribution in [0.1, 0.15) is 22.3 Å². The van der Waals surface area contributed by atoms with E-state index in [1.54, 1.807) is 0 Å². The topological polar surface area (TPSA) is 15.3 Å². The molecule has 33 heavy (non-hydrogen) atoms. The van der Waals surface area contributed by atoms with Gasteiger partial charge in [0.2, 0.25) is 0 Å². The smallest absolute Gasteiger partial charge is 0.314 e. The minimum atomic E-state index is -4.83. The van der Waals surface area contributed by atoms with Crippen LogP contribution in [0.15, 0.2) is 60.7 Å². The highest BCUT2D eigenvalue weighted by molar-refractivity contribution is 5.85. The Morgan fingerprint density at radius 3 is 2.21 bits per heavy atom. The lowest BCUT2D eigenvalue weighted by atomic mass is 9.96. The van der Waals surface area contributed by atoms with E-state index in [0.717, 1.165) is 35.9 Å². The quantitative estimate of drug-likeness (QED) is 0.469. The molecule has 1 saturated heterocycles. The van der Waals surface area contributed by atoms with Crippen molar-refractivity contribution in [2.24, 2.45) is 0 Å². The van der Waals surface area contributed by atoms with Crippen LogP contribution in [0, 0.1) is 0 Å². The summed E-state index contributed by atoms with van der Waals surface area (Å²) in [5.41, 5.74) is -1.32. The second-order valence-electron chi connectivity index (χ2n) is 8.40. The number of rotatable bonds is 5. The van der Waals surface area contributed by atoms with Gasteiger partial charge in [0.15, 0.2) is 0 Å². The van der Waals surface area contributed by atoms with Gasteiger partial charge in [-0.05, 0) is 52.9 Å². The molecule has 0 unspecified atom stereocenters. The Bertz CT molecular complexity index is 1070. The van der Waals surface area contributed by atoms with Crippen LogP contribution in [0.25, 0.3) is 10.8 Å². The van der Waals surface area contributed by atoms with Crippen molar-refractivity contribution in [1.82, 2.24) is 10.2 Å². The van der Waals surface area contributed by atoms with Crippen LogP contribution in [0.4, 0.5) is 26.3 Å². The summed E-state index contributed by atoms with van der Waals surface area (Å²) < 4.78 is 79.1. The Morgan fingerprint density at radius 1 is 0.848 bits per heavy atom. The number of benzene rings is 3. The molecule has 1 aliphatic rings. The number of fused-ring (bicyclic) bond motifs is 1. The molecule has 0 spiro atoms. The van der Waals surface area contributed by atoms with Crippen LogP contribution in [-0.2, 0) is 25.2 Å². The van der Waals surface area contributed by atoms with Gasteiger partial charge in [0.05, 0.1) is 11.1 Å². The van der Waals surface area contributed by atoms with Crippen molar-refractivity contribution >= 4 is 10.8 Å². The molecule has 1 fully saturated rings. The number of alkyl halides is 6. The van der Waals surface area contributed by atoms with Gasteiger partial charge in [-0.25, -0.2) is 0 Å². The van der Waals surface area contributed by atoms with E-state index in [1.165, 1.54) is 5.56 Å². The summed E-state index contributed by atoms with van der Waals surface area (Å²) in [5.74, 6) is 0. The van der Waals surface area contributed by atoms with E-state index in [0.29, 0.717) is 19.6 Å². The Morgan fingerprint density at radius 2 is 1.52 bits per heavy atom. The summed E-state index contributed by atoms with van der Waals surface area (Å²) in [6.45, 7) is 2.50. The fourth-order valence-electron chi connectivity index (χ4n) is 4.46. The zero-order valence-corrected chi connectivity index (χ0v) is 17.8. The number of piperazine rings is 1. The molecule has 1 heterocycles. The van der Waals surface area contributed by atoms with Crippen LogP contribution in [0.3, 0.4) is 0 Å². The summed E-state index contributed by atoms with van der Waals surface area (Å²) in [5, 5.41) is 5.63. The highest BCUT2D eigenvalue weighted by Gasteiger charge is 2.37. The third-order valence-corrected chi connectivity index (χ3v) is 6.14. The molecule has 2 nitrogen and oxygen atoms in total. The molecule has 0 amide bonds. The summed E-state index contributed by atoms with van der Waals surface area (Å²) >= 11 is 0. The van der Waals surface area contributed by atoms with Gasteiger partial charge in [0.1, 0.15) is 0 Å². The number of nitrogens with zero attached hydrogens (tertiary/aromatic N) is 1. The van der Waals surface area contributed by atoms with Gasteiger partial charge in [-0.1, -0.05) is 42.5 Å². The summed E-state index contributed by atoms with van der Waals surface area (Å²) in [6.07, 6.45) is -8.81. The fourth-order valence-corrected chi connectivity index (χ4v) is 4.46. The lowest BCUT2D eigenvalue weighted by Crippen LogP contribution is -2.52. The highest BCUT2D eigenvalue weighted by Crippen LogP contribution is 2.36. The lowest BCUT2D eigenvalue weighted by Gasteiger charge is -2.36. The van der Waals surface area contributed by atoms with E-state index in [1.807, 2.05) is 30.3 Å². The summed E-state index contributed by atoms with van der Waals surface area (Å²) in [7, 11) is 0. The molecule has 4 rings (SSSR count). The molecule has 0 saturated carbocycles. The SMILES string of the molecule is FC(F)(F)c1cc(CCN2CCNC[C@H]2Cc2cccc3ccccc23)cc(C(F)(F)F)c1. The normalized spacial score (nSPS) is 18.1. The number of halogens is 6. The predicted octanol–water partition coefficient (Wildman–Crippen LogP) is 5.94. The first-order valence-corrected chi connectivity index (χ1v) is 10.8. The van der Waals surface area contributed by atoms with Crippen LogP contribution in [-0.4, -0.2) is 37.1 Å². The molecule has 1 N–H and O–H groups in total. The first kappa shape index (κ1) is 23.6. The van der Waals surface area contributed by atoms with Gasteiger partial charge >= 0.3 is 12.4 Å². The first-order chi connectivity index (χ1) is 15.6. The van der Waals surface area contributed by atoms with E-state index in [-0.39, 0.29) is 24.1 Å². The number of hydrogen-bond acceptors (Lipinski definition) is 2. The van der Waals surface area contributed by atoms with Gasteiger partial charge in [-0.15, -0.1) is 0 Å². The zero-order valence-electron chi connectivity index (χ0n) is 17.8. The Labute approximate surface area is 188 Å². The van der Waals surface area contributed by atoms with Crippen molar-refractivity contribution in [1.29, 1.82) is 0 Å². The third kappa shape index (κ3) is 5.68. The maximum atomic E-state index is 13.2. The molecule has 8 heteroatoms. The zero-order chi connectivity index (χ0) is 23.6. The van der Waals surface area contributed by atoms with Crippen molar-refractivity contribution in [2.75, 3.05) is 26.2 Å². The van der Waals surface area contributed by atoms with Crippen LogP contribution < -0.4 is 5.32 Å². The average molecular weight is 466 g/mol. The van der Waals surface area contributed by atoms with E-state index in [4.69, 9.17) is 0 Å². The summed E-state index contributed by atoms with van der Waals surface area (Å²) in [4.78, 5) is 2.16. The van der Waals surface area contributed by atoms with Crippen molar-refractivity contribution in [2.45, 2.75) is 31.2 Å². The Kier molecular flexibility index (Phi) is 6.68. The molecule has 0 radical (unpaired) electrons. The second kappa shape index (κ2) is 9.35. The van der Waals surface area contributed by atoms with E-state index < -0.39 is 23.5 Å². The van der Waals surface area contributed by atoms with Crippen LogP contribution >= 0.6 is 0 Å². The van der Waals surface area contributed by atoms with Gasteiger partial charge in [0, 0.05) is 32.2 Å². The first-order valence-electron chi connectivity index (χ1n) is 10.8. The van der Waals surface area contributed by atoms with Crippen LogP contribution in [0.5, 0.6) is 0 Å². The number of nitrogens with one attached hydrogen (secondary N) is 1. The van der Waals surface area contributed by atoms with Crippen molar-refractivity contribution < 1.29 is 26.3 Å². The molecule has 0 aromatic heterocycles. The average Bonchev–Trinajstić information content (AvgIpc) is 2.77. The Hall–Kier alpha value is -2.58. The van der Waals surface area contributed by atoms with E-state index in [2.05, 4.69) is 22.3 Å². The van der Waals surface area contributed by atoms with E-state index in [9.17, 15) is 26.3 Å². The molecular formula is C25H24F6N2. The van der Waals surface area contributed by atoms with Gasteiger partial charge in [0.25, 0.3) is 0 Å². The largest absolute Gasteiger partial charge is 0.416 e. The maximum absolute atomic E-state index is 13.2. The highest BCUT2D eigenvalue weighted by atomic mass is 19.4. The summed E-state index contributed by atoms with van der Waals surface area (Å²) in [6, 6.07) is 16.1.